The Morgan fingerprint density at radius 2 is 1.00 bits per heavy atom. The Hall–Kier alpha value is -2.42. The third-order valence-corrected chi connectivity index (χ3v) is 10.5. The summed E-state index contributed by atoms with van der Waals surface area (Å²) in [6, 6.07) is 20.5. The van der Waals surface area contributed by atoms with Crippen molar-refractivity contribution in [1.29, 1.82) is 0 Å². The zero-order valence-corrected chi connectivity index (χ0v) is 24.4. The second-order valence-electron chi connectivity index (χ2n) is 9.72. The molecule has 0 atom stereocenters. The summed E-state index contributed by atoms with van der Waals surface area (Å²) in [5.74, 6) is -11.6. The first kappa shape index (κ1) is 32.8. The van der Waals surface area contributed by atoms with Crippen molar-refractivity contribution in [3.63, 3.8) is 0 Å². The predicted molar refractivity (Wildman–Crippen MR) is 145 cm³/mol. The predicted octanol–water partition coefficient (Wildman–Crippen LogP) is 6.44. The molecule has 0 aromatic heterocycles. The molecule has 0 aliphatic carbocycles. The molecule has 0 heterocycles. The first-order chi connectivity index (χ1) is 17.6. The topological polar surface area (TPSA) is 57.2 Å². The SMILES string of the molecule is CC(F)(F)C(F)(F)C(F)(F)S(=O)(=O)[O-].Cc1cc(C)c([PH+](c2ccccc2)c2c(C)cc(C)cc2C)c(C)c1. The van der Waals surface area contributed by atoms with E-state index in [-0.39, 0.29) is 0 Å². The molecule has 0 amide bonds. The minimum atomic E-state index is -6.86. The molecule has 0 saturated heterocycles. The average molecular weight is 593 g/mol. The first-order valence-corrected chi connectivity index (χ1v) is 14.7. The lowest BCUT2D eigenvalue weighted by Gasteiger charge is -2.31. The summed E-state index contributed by atoms with van der Waals surface area (Å²) >= 11 is 0. The van der Waals surface area contributed by atoms with Crippen molar-refractivity contribution in [2.75, 3.05) is 0 Å². The van der Waals surface area contributed by atoms with Crippen LogP contribution in [0.3, 0.4) is 0 Å². The average Bonchev–Trinajstić information content (AvgIpc) is 2.76. The number of rotatable bonds is 6. The molecule has 0 radical (unpaired) electrons. The van der Waals surface area contributed by atoms with E-state index in [0.29, 0.717) is 0 Å². The molecule has 0 bridgehead atoms. The second kappa shape index (κ2) is 11.6. The summed E-state index contributed by atoms with van der Waals surface area (Å²) in [5, 5.41) is -1.77. The number of halogens is 6. The van der Waals surface area contributed by atoms with Gasteiger partial charge in [0.2, 0.25) is 0 Å². The lowest BCUT2D eigenvalue weighted by molar-refractivity contribution is -0.273. The molecule has 0 saturated carbocycles. The molecule has 0 aliphatic rings. The molecule has 3 aromatic rings. The standard InChI is InChI=1S/C24H27P.C4H4F6O3S/c1-16-12-18(3)23(19(4)13-16)25(22-10-8-7-9-11-22)24-20(5)14-17(2)15-21(24)6;1-2(5,6)3(7,8)4(9,10)14(11,12)13/h7-15H,1-6H3;1H3,(H,11,12,13). The van der Waals surface area contributed by atoms with E-state index in [1.54, 1.807) is 10.6 Å². The fraction of sp³-hybridized carbons (Fsp3) is 0.357. The fourth-order valence-electron chi connectivity index (χ4n) is 4.58. The molecule has 0 fully saturated rings. The summed E-state index contributed by atoms with van der Waals surface area (Å²) in [7, 11) is -7.89. The zero-order chi connectivity index (χ0) is 30.1. The van der Waals surface area contributed by atoms with Gasteiger partial charge in [-0.3, -0.25) is 0 Å². The summed E-state index contributed by atoms with van der Waals surface area (Å²) in [6.45, 7) is 12.9. The van der Waals surface area contributed by atoms with Crippen molar-refractivity contribution >= 4 is 34.0 Å². The van der Waals surface area contributed by atoms with Crippen LogP contribution in [0.25, 0.3) is 0 Å². The van der Waals surface area contributed by atoms with Crippen LogP contribution in [0.15, 0.2) is 54.6 Å². The third-order valence-electron chi connectivity index (χ3n) is 6.15. The molecule has 0 N–H and O–H groups in total. The summed E-state index contributed by atoms with van der Waals surface area (Å²) in [4.78, 5) is 0. The van der Waals surface area contributed by atoms with Gasteiger partial charge in [-0.2, -0.15) is 26.3 Å². The molecule has 3 nitrogen and oxygen atoms in total. The minimum absolute atomic E-state index is 0.619. The third kappa shape index (κ3) is 6.84. The minimum Gasteiger partial charge on any atom is -0.743 e. The molecule has 0 spiro atoms. The molecule has 39 heavy (non-hydrogen) atoms. The van der Waals surface area contributed by atoms with Gasteiger partial charge in [-0.1, -0.05) is 53.6 Å². The quantitative estimate of drug-likeness (QED) is 0.188. The van der Waals surface area contributed by atoms with E-state index in [2.05, 4.69) is 96.1 Å². The smallest absolute Gasteiger partial charge is 0.402 e. The van der Waals surface area contributed by atoms with Gasteiger partial charge in [-0.05, 0) is 75.9 Å². The Kier molecular flexibility index (Phi) is 9.75. The largest absolute Gasteiger partial charge is 0.743 e. The normalized spacial score (nSPS) is 12.8. The van der Waals surface area contributed by atoms with E-state index in [4.69, 9.17) is 0 Å². The van der Waals surface area contributed by atoms with Crippen molar-refractivity contribution in [3.8, 4) is 0 Å². The highest BCUT2D eigenvalue weighted by molar-refractivity contribution is 7.86. The highest BCUT2D eigenvalue weighted by Crippen LogP contribution is 2.47. The van der Waals surface area contributed by atoms with Crippen LogP contribution in [-0.2, 0) is 10.1 Å². The summed E-state index contributed by atoms with van der Waals surface area (Å²) in [5.41, 5.74) is 8.41. The zero-order valence-electron chi connectivity index (χ0n) is 22.6. The Morgan fingerprint density at radius 3 is 1.26 bits per heavy atom. The molecule has 11 heteroatoms. The first-order valence-electron chi connectivity index (χ1n) is 11.8. The number of hydrogen-bond acceptors (Lipinski definition) is 3. The molecular weight excluding hydrogens is 561 g/mol. The van der Waals surface area contributed by atoms with Gasteiger partial charge in [0.15, 0.2) is 10.1 Å². The van der Waals surface area contributed by atoms with Crippen LogP contribution < -0.4 is 15.9 Å². The van der Waals surface area contributed by atoms with Crippen molar-refractivity contribution in [3.05, 3.63) is 88.0 Å². The van der Waals surface area contributed by atoms with Gasteiger partial charge in [0.1, 0.15) is 15.9 Å². The maximum absolute atomic E-state index is 12.1. The van der Waals surface area contributed by atoms with Gasteiger partial charge >= 0.3 is 17.1 Å². The highest BCUT2D eigenvalue weighted by Gasteiger charge is 2.72. The summed E-state index contributed by atoms with van der Waals surface area (Å²) < 4.78 is 101. The van der Waals surface area contributed by atoms with Crippen molar-refractivity contribution in [2.24, 2.45) is 0 Å². The van der Waals surface area contributed by atoms with Gasteiger partial charge in [-0.15, -0.1) is 0 Å². The Labute approximate surface area is 226 Å². The van der Waals surface area contributed by atoms with Crippen LogP contribution in [0.1, 0.15) is 40.3 Å². The number of benzene rings is 3. The van der Waals surface area contributed by atoms with E-state index in [9.17, 15) is 39.3 Å². The van der Waals surface area contributed by atoms with Crippen LogP contribution in [0.2, 0.25) is 0 Å². The molecule has 0 aliphatic heterocycles. The number of alkyl halides is 6. The van der Waals surface area contributed by atoms with Crippen LogP contribution in [0.5, 0.6) is 0 Å². The van der Waals surface area contributed by atoms with Gasteiger partial charge < -0.3 is 4.55 Å². The molecule has 3 rings (SSSR count). The summed E-state index contributed by atoms with van der Waals surface area (Å²) in [6.07, 6.45) is 0. The van der Waals surface area contributed by atoms with E-state index < -0.39 is 42.1 Å². The Bertz CT molecular complexity index is 1330. The Morgan fingerprint density at radius 1 is 0.667 bits per heavy atom. The van der Waals surface area contributed by atoms with Gasteiger partial charge in [0.05, 0.1) is 7.92 Å². The number of hydrogen-bond donors (Lipinski definition) is 0. The van der Waals surface area contributed by atoms with Crippen molar-refractivity contribution in [1.82, 2.24) is 0 Å². The van der Waals surface area contributed by atoms with Crippen LogP contribution in [0, 0.1) is 41.5 Å². The number of aryl methyl sites for hydroxylation is 6. The van der Waals surface area contributed by atoms with E-state index in [1.807, 2.05) is 0 Å². The van der Waals surface area contributed by atoms with E-state index in [0.717, 1.165) is 0 Å². The molecule has 214 valence electrons. The van der Waals surface area contributed by atoms with Gasteiger partial charge in [-0.25, -0.2) is 8.42 Å². The maximum atomic E-state index is 12.1. The van der Waals surface area contributed by atoms with Crippen molar-refractivity contribution < 1.29 is 39.3 Å². The van der Waals surface area contributed by atoms with Gasteiger partial charge in [0, 0.05) is 6.92 Å². The monoisotopic (exact) mass is 592 g/mol. The van der Waals surface area contributed by atoms with E-state index in [1.165, 1.54) is 38.7 Å². The molecular formula is C28H31F6O3PS. The fourth-order valence-corrected chi connectivity index (χ4v) is 8.29. The lowest BCUT2D eigenvalue weighted by Crippen LogP contribution is -2.56. The van der Waals surface area contributed by atoms with Crippen LogP contribution in [0.4, 0.5) is 26.3 Å². The highest BCUT2D eigenvalue weighted by atomic mass is 32.2. The Balaban J connectivity index is 0.000000326. The second-order valence-corrected chi connectivity index (χ2v) is 13.5. The van der Waals surface area contributed by atoms with Crippen LogP contribution in [-0.4, -0.2) is 30.1 Å². The van der Waals surface area contributed by atoms with Gasteiger partial charge in [0.25, 0.3) is 0 Å². The van der Waals surface area contributed by atoms with Crippen molar-refractivity contribution in [2.45, 2.75) is 65.6 Å². The van der Waals surface area contributed by atoms with Crippen LogP contribution >= 0.6 is 7.92 Å². The maximum Gasteiger partial charge on any atom is 0.402 e. The van der Waals surface area contributed by atoms with E-state index >= 15 is 0 Å². The molecule has 0 unspecified atom stereocenters. The molecule has 3 aromatic carbocycles. The lowest BCUT2D eigenvalue weighted by atomic mass is 10.1.